The van der Waals surface area contributed by atoms with Crippen molar-refractivity contribution in [3.63, 3.8) is 0 Å². The molecular formula is C20H25N3O2S. The van der Waals surface area contributed by atoms with Gasteiger partial charge >= 0.3 is 0 Å². The van der Waals surface area contributed by atoms with Crippen molar-refractivity contribution in [2.75, 3.05) is 6.54 Å². The van der Waals surface area contributed by atoms with Crippen molar-refractivity contribution in [1.82, 2.24) is 14.1 Å². The van der Waals surface area contributed by atoms with Gasteiger partial charge < -0.3 is 4.40 Å². The third kappa shape index (κ3) is 4.14. The van der Waals surface area contributed by atoms with Crippen LogP contribution in [0.5, 0.6) is 0 Å². The van der Waals surface area contributed by atoms with Crippen LogP contribution < -0.4 is 4.72 Å². The summed E-state index contributed by atoms with van der Waals surface area (Å²) in [6.45, 7) is 8.64. The number of hydrogen-bond donors (Lipinski definition) is 1. The standard InChI is InChI=1S/C20H25N3O2S/c1-15-10-12-23-14-17(22-19(23)13-15)9-11-21-26(24,25)18-7-5-16(6-8-18)20(2,3)4/h5-8,10,12-14,21H,9,11H2,1-4H3. The number of nitrogens with one attached hydrogen (secondary N) is 1. The molecule has 5 nitrogen and oxygen atoms in total. The fraction of sp³-hybridized carbons (Fsp3) is 0.350. The average Bonchev–Trinajstić information content (AvgIpc) is 2.95. The molecule has 1 aromatic carbocycles. The minimum absolute atomic E-state index is 0.00278. The SMILES string of the molecule is Cc1ccn2cc(CCNS(=O)(=O)c3ccc(C(C)(C)C)cc3)nc2c1. The van der Waals surface area contributed by atoms with E-state index in [1.807, 2.05) is 48.0 Å². The Hall–Kier alpha value is -2.18. The first-order chi connectivity index (χ1) is 12.1. The average molecular weight is 372 g/mol. The summed E-state index contributed by atoms with van der Waals surface area (Å²) in [5.74, 6) is 0. The van der Waals surface area contributed by atoms with Crippen molar-refractivity contribution in [2.45, 2.75) is 44.4 Å². The summed E-state index contributed by atoms with van der Waals surface area (Å²) in [6.07, 6.45) is 4.43. The summed E-state index contributed by atoms with van der Waals surface area (Å²) in [6, 6.07) is 11.1. The van der Waals surface area contributed by atoms with Gasteiger partial charge in [-0.05, 0) is 47.7 Å². The number of aromatic nitrogens is 2. The Labute approximate surface area is 155 Å². The molecule has 0 spiro atoms. The normalized spacial score (nSPS) is 12.6. The molecule has 138 valence electrons. The molecular weight excluding hydrogens is 346 g/mol. The topological polar surface area (TPSA) is 63.5 Å². The van der Waals surface area contributed by atoms with E-state index in [0.29, 0.717) is 13.0 Å². The van der Waals surface area contributed by atoms with E-state index in [0.717, 1.165) is 22.5 Å². The molecule has 6 heteroatoms. The lowest BCUT2D eigenvalue weighted by Crippen LogP contribution is -2.26. The molecule has 1 N–H and O–H groups in total. The molecule has 2 heterocycles. The highest BCUT2D eigenvalue weighted by atomic mass is 32.2. The van der Waals surface area contributed by atoms with E-state index in [-0.39, 0.29) is 10.3 Å². The van der Waals surface area contributed by atoms with Crippen LogP contribution in [0.4, 0.5) is 0 Å². The second kappa shape index (κ2) is 6.85. The number of benzene rings is 1. The van der Waals surface area contributed by atoms with Gasteiger partial charge in [-0.15, -0.1) is 0 Å². The number of pyridine rings is 1. The summed E-state index contributed by atoms with van der Waals surface area (Å²) in [4.78, 5) is 4.82. The van der Waals surface area contributed by atoms with Crippen LogP contribution in [-0.2, 0) is 21.9 Å². The molecule has 0 radical (unpaired) electrons. The first-order valence-electron chi connectivity index (χ1n) is 8.70. The highest BCUT2D eigenvalue weighted by Crippen LogP contribution is 2.23. The maximum absolute atomic E-state index is 12.5. The third-order valence-corrected chi connectivity index (χ3v) is 5.85. The number of sulfonamides is 1. The zero-order chi connectivity index (χ0) is 18.9. The molecule has 0 unspecified atom stereocenters. The Morgan fingerprint density at radius 2 is 1.81 bits per heavy atom. The molecule has 2 aromatic heterocycles. The maximum atomic E-state index is 12.5. The lowest BCUT2D eigenvalue weighted by Gasteiger charge is -2.19. The minimum atomic E-state index is -3.51. The Bertz CT molecular complexity index is 1010. The summed E-state index contributed by atoms with van der Waals surface area (Å²) >= 11 is 0. The van der Waals surface area contributed by atoms with Gasteiger partial charge in [0.25, 0.3) is 0 Å². The maximum Gasteiger partial charge on any atom is 0.240 e. The van der Waals surface area contributed by atoms with Gasteiger partial charge in [0.05, 0.1) is 10.6 Å². The highest BCUT2D eigenvalue weighted by molar-refractivity contribution is 7.89. The largest absolute Gasteiger partial charge is 0.307 e. The molecule has 0 atom stereocenters. The van der Waals surface area contributed by atoms with Crippen molar-refractivity contribution in [2.24, 2.45) is 0 Å². The van der Waals surface area contributed by atoms with Crippen molar-refractivity contribution in [3.8, 4) is 0 Å². The van der Waals surface area contributed by atoms with Gasteiger partial charge in [-0.3, -0.25) is 0 Å². The number of imidazole rings is 1. The number of aryl methyl sites for hydroxylation is 1. The first kappa shape index (κ1) is 18.6. The Kier molecular flexibility index (Phi) is 4.90. The second-order valence-corrected chi connectivity index (χ2v) is 9.39. The quantitative estimate of drug-likeness (QED) is 0.747. The lowest BCUT2D eigenvalue weighted by molar-refractivity contribution is 0.578. The number of fused-ring (bicyclic) bond motifs is 1. The van der Waals surface area contributed by atoms with E-state index in [1.165, 1.54) is 0 Å². The monoisotopic (exact) mass is 371 g/mol. The predicted molar refractivity (Wildman–Crippen MR) is 104 cm³/mol. The number of nitrogens with zero attached hydrogens (tertiary/aromatic N) is 2. The molecule has 26 heavy (non-hydrogen) atoms. The van der Waals surface area contributed by atoms with Crippen LogP contribution >= 0.6 is 0 Å². The van der Waals surface area contributed by atoms with E-state index in [9.17, 15) is 8.42 Å². The minimum Gasteiger partial charge on any atom is -0.307 e. The summed E-state index contributed by atoms with van der Waals surface area (Å²) in [5.41, 5.74) is 3.99. The lowest BCUT2D eigenvalue weighted by atomic mass is 9.87. The van der Waals surface area contributed by atoms with Crippen LogP contribution in [0.3, 0.4) is 0 Å². The molecule has 3 rings (SSSR count). The Balaban J connectivity index is 1.66. The highest BCUT2D eigenvalue weighted by Gasteiger charge is 2.17. The zero-order valence-corrected chi connectivity index (χ0v) is 16.5. The van der Waals surface area contributed by atoms with E-state index in [2.05, 4.69) is 30.5 Å². The number of hydrogen-bond acceptors (Lipinski definition) is 3. The predicted octanol–water partition coefficient (Wildman–Crippen LogP) is 3.46. The summed E-state index contributed by atoms with van der Waals surface area (Å²) in [7, 11) is -3.51. The van der Waals surface area contributed by atoms with Gasteiger partial charge in [0, 0.05) is 25.4 Å². The number of rotatable bonds is 5. The third-order valence-electron chi connectivity index (χ3n) is 4.37. The Morgan fingerprint density at radius 3 is 2.46 bits per heavy atom. The summed E-state index contributed by atoms with van der Waals surface area (Å²) < 4.78 is 29.5. The first-order valence-corrected chi connectivity index (χ1v) is 10.2. The smallest absolute Gasteiger partial charge is 0.240 e. The molecule has 0 saturated carbocycles. The molecule has 0 amide bonds. The van der Waals surface area contributed by atoms with Gasteiger partial charge in [-0.2, -0.15) is 0 Å². The Morgan fingerprint density at radius 1 is 1.12 bits per heavy atom. The van der Waals surface area contributed by atoms with Crippen LogP contribution in [0.25, 0.3) is 5.65 Å². The van der Waals surface area contributed by atoms with Crippen molar-refractivity contribution in [3.05, 3.63) is 65.6 Å². The van der Waals surface area contributed by atoms with Gasteiger partial charge in [-0.25, -0.2) is 18.1 Å². The molecule has 0 aliphatic rings. The molecule has 3 aromatic rings. The fourth-order valence-corrected chi connectivity index (χ4v) is 3.82. The fourth-order valence-electron chi connectivity index (χ4n) is 2.79. The van der Waals surface area contributed by atoms with Crippen molar-refractivity contribution < 1.29 is 8.42 Å². The van der Waals surface area contributed by atoms with Crippen LogP contribution in [-0.4, -0.2) is 24.3 Å². The molecule has 0 saturated heterocycles. The molecule has 0 bridgehead atoms. The zero-order valence-electron chi connectivity index (χ0n) is 15.7. The molecule has 0 aliphatic carbocycles. The van der Waals surface area contributed by atoms with Crippen LogP contribution in [0.15, 0.2) is 53.7 Å². The summed E-state index contributed by atoms with van der Waals surface area (Å²) in [5, 5.41) is 0. The van der Waals surface area contributed by atoms with Gasteiger partial charge in [0.1, 0.15) is 5.65 Å². The molecule has 0 fully saturated rings. The van der Waals surface area contributed by atoms with E-state index >= 15 is 0 Å². The molecule has 0 aliphatic heterocycles. The van der Waals surface area contributed by atoms with E-state index in [1.54, 1.807) is 12.1 Å². The van der Waals surface area contributed by atoms with E-state index < -0.39 is 10.0 Å². The van der Waals surface area contributed by atoms with Crippen LogP contribution in [0, 0.1) is 6.92 Å². The van der Waals surface area contributed by atoms with Crippen LogP contribution in [0.2, 0.25) is 0 Å². The van der Waals surface area contributed by atoms with Gasteiger partial charge in [0.2, 0.25) is 10.0 Å². The van der Waals surface area contributed by atoms with Crippen molar-refractivity contribution in [1.29, 1.82) is 0 Å². The van der Waals surface area contributed by atoms with Crippen LogP contribution in [0.1, 0.15) is 37.6 Å². The van der Waals surface area contributed by atoms with Crippen molar-refractivity contribution >= 4 is 15.7 Å². The van der Waals surface area contributed by atoms with Gasteiger partial charge in [-0.1, -0.05) is 32.9 Å². The second-order valence-electron chi connectivity index (χ2n) is 7.62. The van der Waals surface area contributed by atoms with E-state index in [4.69, 9.17) is 0 Å². The van der Waals surface area contributed by atoms with Gasteiger partial charge in [0.15, 0.2) is 0 Å².